The third-order valence-corrected chi connectivity index (χ3v) is 4.78. The second-order valence-corrected chi connectivity index (χ2v) is 7.15. The molecule has 0 aliphatic carbocycles. The van der Waals surface area contributed by atoms with Gasteiger partial charge in [0.25, 0.3) is 0 Å². The smallest absolute Gasteiger partial charge is 0.227 e. The average Bonchev–Trinajstić information content (AvgIpc) is 2.82. The highest BCUT2D eigenvalue weighted by Crippen LogP contribution is 2.25. The molecule has 0 unspecified atom stereocenters. The van der Waals surface area contributed by atoms with Crippen LogP contribution in [0.3, 0.4) is 0 Å². The van der Waals surface area contributed by atoms with Gasteiger partial charge in [-0.1, -0.05) is 19.9 Å². The highest BCUT2D eigenvalue weighted by atomic mass is 16.5. The van der Waals surface area contributed by atoms with E-state index in [1.165, 1.54) is 0 Å². The molecule has 1 aromatic carbocycles. The number of carbonyl (C=O) groups is 2. The zero-order valence-corrected chi connectivity index (χ0v) is 16.1. The Labute approximate surface area is 150 Å². The van der Waals surface area contributed by atoms with Crippen molar-refractivity contribution in [2.24, 2.45) is 5.92 Å². The van der Waals surface area contributed by atoms with Crippen LogP contribution in [0.1, 0.15) is 37.0 Å². The highest BCUT2D eigenvalue weighted by Gasteiger charge is 2.24. The third-order valence-electron chi connectivity index (χ3n) is 4.78. The Bertz CT molecular complexity index is 640. The number of aryl methyl sites for hydroxylation is 2. The Hall–Kier alpha value is -2.04. The normalized spacial score (nSPS) is 15.3. The van der Waals surface area contributed by atoms with Gasteiger partial charge in [-0.15, -0.1) is 0 Å². The van der Waals surface area contributed by atoms with Crippen molar-refractivity contribution in [2.45, 2.75) is 40.5 Å². The van der Waals surface area contributed by atoms with E-state index in [1.807, 2.05) is 43.6 Å². The lowest BCUT2D eigenvalue weighted by molar-refractivity contribution is -0.135. The first-order valence-corrected chi connectivity index (χ1v) is 9.04. The summed E-state index contributed by atoms with van der Waals surface area (Å²) in [7, 11) is 1.64. The quantitative estimate of drug-likeness (QED) is 0.842. The number of hydrogen-bond acceptors (Lipinski definition) is 3. The van der Waals surface area contributed by atoms with E-state index in [-0.39, 0.29) is 17.7 Å². The van der Waals surface area contributed by atoms with Gasteiger partial charge in [-0.3, -0.25) is 9.59 Å². The molecular formula is C20H30N2O3. The number of nitrogens with zero attached hydrogens (tertiary/aromatic N) is 2. The standard InChI is InChI=1S/C20H30N2O3/c1-14(2)20(24)22-8-6-7-21(9-10-22)19(23)13-17-16(4)11-15(3)12-18(17)25-5/h11-12,14H,6-10,13H2,1-5H3. The van der Waals surface area contributed by atoms with E-state index in [0.29, 0.717) is 26.1 Å². The number of methoxy groups -OCH3 is 1. The van der Waals surface area contributed by atoms with Crippen molar-refractivity contribution in [2.75, 3.05) is 33.3 Å². The van der Waals surface area contributed by atoms with Crippen LogP contribution in [0.4, 0.5) is 0 Å². The average molecular weight is 346 g/mol. The molecule has 5 nitrogen and oxygen atoms in total. The van der Waals surface area contributed by atoms with Gasteiger partial charge in [0, 0.05) is 37.7 Å². The highest BCUT2D eigenvalue weighted by molar-refractivity contribution is 5.81. The van der Waals surface area contributed by atoms with Gasteiger partial charge >= 0.3 is 0 Å². The second kappa shape index (κ2) is 8.37. The minimum absolute atomic E-state index is 0.00159. The predicted molar refractivity (Wildman–Crippen MR) is 98.8 cm³/mol. The van der Waals surface area contributed by atoms with Crippen LogP contribution in [0.2, 0.25) is 0 Å². The lowest BCUT2D eigenvalue weighted by atomic mass is 10.0. The summed E-state index contributed by atoms with van der Waals surface area (Å²) >= 11 is 0. The monoisotopic (exact) mass is 346 g/mol. The molecule has 138 valence electrons. The van der Waals surface area contributed by atoms with Gasteiger partial charge in [-0.25, -0.2) is 0 Å². The van der Waals surface area contributed by atoms with Crippen molar-refractivity contribution < 1.29 is 14.3 Å². The van der Waals surface area contributed by atoms with Crippen LogP contribution in [-0.4, -0.2) is 54.9 Å². The van der Waals surface area contributed by atoms with Crippen molar-refractivity contribution in [3.63, 3.8) is 0 Å². The lowest BCUT2D eigenvalue weighted by Crippen LogP contribution is -2.39. The van der Waals surface area contributed by atoms with Crippen LogP contribution < -0.4 is 4.74 Å². The molecule has 0 spiro atoms. The van der Waals surface area contributed by atoms with E-state index >= 15 is 0 Å². The van der Waals surface area contributed by atoms with E-state index in [4.69, 9.17) is 4.74 Å². The van der Waals surface area contributed by atoms with Crippen molar-refractivity contribution in [1.82, 2.24) is 9.80 Å². The molecule has 0 saturated carbocycles. The van der Waals surface area contributed by atoms with E-state index < -0.39 is 0 Å². The van der Waals surface area contributed by atoms with Crippen LogP contribution >= 0.6 is 0 Å². The molecule has 5 heteroatoms. The van der Waals surface area contributed by atoms with Crippen molar-refractivity contribution in [3.8, 4) is 5.75 Å². The summed E-state index contributed by atoms with van der Waals surface area (Å²) in [5.74, 6) is 1.05. The Morgan fingerprint density at radius 3 is 2.36 bits per heavy atom. The maximum atomic E-state index is 12.8. The SMILES string of the molecule is COc1cc(C)cc(C)c1CC(=O)N1CCCN(C(=O)C(C)C)CC1. The van der Waals surface area contributed by atoms with Crippen LogP contribution in [0.5, 0.6) is 5.75 Å². The fraction of sp³-hybridized carbons (Fsp3) is 0.600. The summed E-state index contributed by atoms with van der Waals surface area (Å²) in [6.45, 7) is 10.5. The molecule has 2 amide bonds. The second-order valence-electron chi connectivity index (χ2n) is 7.15. The molecule has 1 saturated heterocycles. The van der Waals surface area contributed by atoms with Gasteiger partial charge in [0.15, 0.2) is 0 Å². The van der Waals surface area contributed by atoms with E-state index in [2.05, 4.69) is 6.07 Å². The number of benzene rings is 1. The Morgan fingerprint density at radius 1 is 1.08 bits per heavy atom. The zero-order valence-electron chi connectivity index (χ0n) is 16.1. The molecule has 0 N–H and O–H groups in total. The number of ether oxygens (including phenoxy) is 1. The number of amides is 2. The van der Waals surface area contributed by atoms with Crippen LogP contribution in [0, 0.1) is 19.8 Å². The summed E-state index contributed by atoms with van der Waals surface area (Å²) in [5.41, 5.74) is 3.16. The Balaban J connectivity index is 2.06. The molecule has 0 atom stereocenters. The molecule has 1 aliphatic heterocycles. The van der Waals surface area contributed by atoms with E-state index in [1.54, 1.807) is 7.11 Å². The Kier molecular flexibility index (Phi) is 6.45. The summed E-state index contributed by atoms with van der Waals surface area (Å²) in [4.78, 5) is 28.8. The number of rotatable bonds is 4. The van der Waals surface area contributed by atoms with Crippen molar-refractivity contribution >= 4 is 11.8 Å². The van der Waals surface area contributed by atoms with Crippen LogP contribution in [0.25, 0.3) is 0 Å². The van der Waals surface area contributed by atoms with Crippen molar-refractivity contribution in [1.29, 1.82) is 0 Å². The van der Waals surface area contributed by atoms with E-state index in [9.17, 15) is 9.59 Å². The molecule has 1 heterocycles. The van der Waals surface area contributed by atoms with Crippen molar-refractivity contribution in [3.05, 3.63) is 28.8 Å². The summed E-state index contributed by atoms with van der Waals surface area (Å²) in [5, 5.41) is 0. The molecule has 1 aromatic rings. The van der Waals surface area contributed by atoms with Gasteiger partial charge in [-0.2, -0.15) is 0 Å². The predicted octanol–water partition coefficient (Wildman–Crippen LogP) is 2.57. The fourth-order valence-electron chi connectivity index (χ4n) is 3.38. The molecule has 0 aromatic heterocycles. The third kappa shape index (κ3) is 4.74. The molecule has 2 rings (SSSR count). The van der Waals surface area contributed by atoms with Gasteiger partial charge < -0.3 is 14.5 Å². The number of carbonyl (C=O) groups excluding carboxylic acids is 2. The van der Waals surface area contributed by atoms with Gasteiger partial charge in [-0.05, 0) is 37.5 Å². The minimum atomic E-state index is 0.00159. The largest absolute Gasteiger partial charge is 0.496 e. The number of hydrogen-bond donors (Lipinski definition) is 0. The molecule has 25 heavy (non-hydrogen) atoms. The summed E-state index contributed by atoms with van der Waals surface area (Å²) in [6, 6.07) is 4.05. The van der Waals surface area contributed by atoms with E-state index in [0.717, 1.165) is 35.4 Å². The first-order valence-electron chi connectivity index (χ1n) is 9.04. The first kappa shape index (κ1) is 19.3. The fourth-order valence-corrected chi connectivity index (χ4v) is 3.38. The lowest BCUT2D eigenvalue weighted by Gasteiger charge is -2.24. The van der Waals surface area contributed by atoms with Crippen LogP contribution in [-0.2, 0) is 16.0 Å². The molecule has 0 radical (unpaired) electrons. The van der Waals surface area contributed by atoms with Gasteiger partial charge in [0.2, 0.25) is 11.8 Å². The molecule has 1 fully saturated rings. The summed E-state index contributed by atoms with van der Waals surface area (Å²) in [6.07, 6.45) is 1.17. The molecule has 0 bridgehead atoms. The summed E-state index contributed by atoms with van der Waals surface area (Å²) < 4.78 is 5.47. The maximum absolute atomic E-state index is 12.8. The molecule has 1 aliphatic rings. The van der Waals surface area contributed by atoms with Gasteiger partial charge in [0.1, 0.15) is 5.75 Å². The van der Waals surface area contributed by atoms with Gasteiger partial charge in [0.05, 0.1) is 13.5 Å². The van der Waals surface area contributed by atoms with Crippen LogP contribution in [0.15, 0.2) is 12.1 Å². The first-order chi connectivity index (χ1) is 11.8. The minimum Gasteiger partial charge on any atom is -0.496 e. The molecular weight excluding hydrogens is 316 g/mol. The Morgan fingerprint density at radius 2 is 1.72 bits per heavy atom. The zero-order chi connectivity index (χ0) is 18.6. The maximum Gasteiger partial charge on any atom is 0.227 e. The topological polar surface area (TPSA) is 49.9 Å².